The van der Waals surface area contributed by atoms with Crippen LogP contribution in [0, 0.1) is 0 Å². The minimum absolute atomic E-state index is 0.0323. The van der Waals surface area contributed by atoms with E-state index >= 15 is 0 Å². The van der Waals surface area contributed by atoms with Gasteiger partial charge in [0.15, 0.2) is 23.0 Å². The third-order valence-electron chi connectivity index (χ3n) is 3.44. The molecule has 0 unspecified atom stereocenters. The van der Waals surface area contributed by atoms with Crippen LogP contribution in [0.4, 0.5) is 0 Å². The first-order valence-corrected chi connectivity index (χ1v) is 7.08. The molecule has 0 fully saturated rings. The molecule has 6 heteroatoms. The van der Waals surface area contributed by atoms with Gasteiger partial charge >= 0.3 is 0 Å². The Morgan fingerprint density at radius 3 is 1.88 bits per heavy atom. The molecule has 0 saturated heterocycles. The summed E-state index contributed by atoms with van der Waals surface area (Å²) in [6.07, 6.45) is 5.67. The van der Waals surface area contributed by atoms with Crippen molar-refractivity contribution in [3.05, 3.63) is 47.3 Å². The average molecular weight is 330 g/mol. The fourth-order valence-electron chi connectivity index (χ4n) is 2.23. The summed E-state index contributed by atoms with van der Waals surface area (Å²) in [7, 11) is 5.91. The number of carbonyl (C=O) groups is 2. The van der Waals surface area contributed by atoms with E-state index in [1.54, 1.807) is 24.3 Å². The fourth-order valence-corrected chi connectivity index (χ4v) is 2.23. The molecular weight excluding hydrogens is 312 g/mol. The second-order valence-electron chi connectivity index (χ2n) is 4.83. The maximum Gasteiger partial charge on any atom is 0.221 e. The average Bonchev–Trinajstić information content (AvgIpc) is 2.60. The van der Waals surface area contributed by atoms with Crippen molar-refractivity contribution in [3.8, 4) is 17.2 Å². The van der Waals surface area contributed by atoms with Gasteiger partial charge in [0, 0.05) is 17.7 Å². The minimum atomic E-state index is -0.346. The van der Waals surface area contributed by atoms with E-state index in [2.05, 4.69) is 0 Å². The van der Waals surface area contributed by atoms with Gasteiger partial charge in [-0.05, 0) is 17.7 Å². The Kier molecular flexibility index (Phi) is 5.42. The van der Waals surface area contributed by atoms with Gasteiger partial charge in [0.1, 0.15) is 0 Å². The summed E-state index contributed by atoms with van der Waals surface area (Å²) in [5, 5.41) is 0. The number of carbonyl (C=O) groups excluding carboxylic acids is 2. The standard InChI is InChI=1S/C18H18O6/c1-21-15-10-13(19)12(9-14(15)20)6-5-11-7-16(22-2)18(24-4)17(8-11)23-3/h5-10H,1-4H3/b6-5+. The first-order chi connectivity index (χ1) is 11.5. The van der Waals surface area contributed by atoms with Gasteiger partial charge in [-0.15, -0.1) is 0 Å². The van der Waals surface area contributed by atoms with Gasteiger partial charge in [0.05, 0.1) is 28.4 Å². The summed E-state index contributed by atoms with van der Waals surface area (Å²) < 4.78 is 20.7. The van der Waals surface area contributed by atoms with Crippen LogP contribution in [-0.4, -0.2) is 40.0 Å². The zero-order chi connectivity index (χ0) is 17.7. The molecular formula is C18H18O6. The lowest BCUT2D eigenvalue weighted by Crippen LogP contribution is -2.13. The molecule has 1 aromatic carbocycles. The summed E-state index contributed by atoms with van der Waals surface area (Å²) in [4.78, 5) is 23.7. The smallest absolute Gasteiger partial charge is 0.221 e. The predicted octanol–water partition coefficient (Wildman–Crippen LogP) is 2.33. The second kappa shape index (κ2) is 7.50. The SMILES string of the molecule is COC1=CC(=O)C(/C=C/c2cc(OC)c(OC)c(OC)c2)=CC1=O. The van der Waals surface area contributed by atoms with Gasteiger partial charge in [0.25, 0.3) is 0 Å². The van der Waals surface area contributed by atoms with Crippen LogP contribution in [0.3, 0.4) is 0 Å². The Morgan fingerprint density at radius 1 is 0.750 bits per heavy atom. The van der Waals surface area contributed by atoms with E-state index in [-0.39, 0.29) is 22.9 Å². The number of ketones is 2. The van der Waals surface area contributed by atoms with E-state index in [9.17, 15) is 9.59 Å². The molecule has 0 saturated carbocycles. The maximum absolute atomic E-state index is 12.0. The van der Waals surface area contributed by atoms with Crippen molar-refractivity contribution in [2.24, 2.45) is 0 Å². The molecule has 0 N–H and O–H groups in total. The number of rotatable bonds is 6. The van der Waals surface area contributed by atoms with E-state index in [4.69, 9.17) is 18.9 Å². The monoisotopic (exact) mass is 330 g/mol. The molecule has 0 heterocycles. The van der Waals surface area contributed by atoms with Crippen LogP contribution in [-0.2, 0) is 14.3 Å². The first kappa shape index (κ1) is 17.3. The third-order valence-corrected chi connectivity index (χ3v) is 3.44. The van der Waals surface area contributed by atoms with Crippen molar-refractivity contribution in [1.29, 1.82) is 0 Å². The second-order valence-corrected chi connectivity index (χ2v) is 4.83. The molecule has 0 spiro atoms. The highest BCUT2D eigenvalue weighted by Crippen LogP contribution is 2.38. The number of allylic oxidation sites excluding steroid dienone is 4. The maximum atomic E-state index is 12.0. The normalized spacial score (nSPS) is 14.3. The Morgan fingerprint density at radius 2 is 1.38 bits per heavy atom. The van der Waals surface area contributed by atoms with Crippen molar-refractivity contribution < 1.29 is 28.5 Å². The number of hydrogen-bond acceptors (Lipinski definition) is 6. The zero-order valence-corrected chi connectivity index (χ0v) is 13.9. The molecule has 2 rings (SSSR count). The topological polar surface area (TPSA) is 71.1 Å². The van der Waals surface area contributed by atoms with Gasteiger partial charge in [0.2, 0.25) is 11.5 Å². The summed E-state index contributed by atoms with van der Waals surface area (Å²) in [5.74, 6) is 0.867. The zero-order valence-electron chi connectivity index (χ0n) is 13.9. The Hall–Kier alpha value is -3.02. The van der Waals surface area contributed by atoms with Crippen LogP contribution in [0.25, 0.3) is 6.08 Å². The molecule has 0 amide bonds. The van der Waals surface area contributed by atoms with Gasteiger partial charge in [-0.1, -0.05) is 12.2 Å². The van der Waals surface area contributed by atoms with Gasteiger partial charge in [-0.2, -0.15) is 0 Å². The van der Waals surface area contributed by atoms with Gasteiger partial charge in [-0.3, -0.25) is 9.59 Å². The van der Waals surface area contributed by atoms with Crippen molar-refractivity contribution in [3.63, 3.8) is 0 Å². The first-order valence-electron chi connectivity index (χ1n) is 7.08. The van der Waals surface area contributed by atoms with Crippen molar-refractivity contribution in [2.75, 3.05) is 28.4 Å². The molecule has 1 aliphatic rings. The highest BCUT2D eigenvalue weighted by atomic mass is 16.5. The van der Waals surface area contributed by atoms with Crippen LogP contribution < -0.4 is 14.2 Å². The number of ether oxygens (including phenoxy) is 4. The quantitative estimate of drug-likeness (QED) is 0.746. The van der Waals surface area contributed by atoms with E-state index in [0.717, 1.165) is 5.56 Å². The molecule has 6 nitrogen and oxygen atoms in total. The predicted molar refractivity (Wildman–Crippen MR) is 88.3 cm³/mol. The van der Waals surface area contributed by atoms with E-state index < -0.39 is 0 Å². The van der Waals surface area contributed by atoms with Crippen LogP contribution in [0.1, 0.15) is 5.56 Å². The highest BCUT2D eigenvalue weighted by molar-refractivity contribution is 6.20. The lowest BCUT2D eigenvalue weighted by atomic mass is 10.0. The Balaban J connectivity index is 2.33. The third kappa shape index (κ3) is 3.48. The number of benzene rings is 1. The molecule has 126 valence electrons. The van der Waals surface area contributed by atoms with Crippen molar-refractivity contribution in [1.82, 2.24) is 0 Å². The van der Waals surface area contributed by atoms with Crippen LogP contribution in [0.5, 0.6) is 17.2 Å². The lowest BCUT2D eigenvalue weighted by Gasteiger charge is -2.13. The summed E-state index contributed by atoms with van der Waals surface area (Å²) in [6.45, 7) is 0. The molecule has 0 aliphatic heterocycles. The number of methoxy groups -OCH3 is 4. The molecule has 0 bridgehead atoms. The number of hydrogen-bond donors (Lipinski definition) is 0. The summed E-state index contributed by atoms with van der Waals surface area (Å²) in [6, 6.07) is 3.48. The van der Waals surface area contributed by atoms with Crippen LogP contribution in [0.15, 0.2) is 41.7 Å². The molecule has 0 atom stereocenters. The highest BCUT2D eigenvalue weighted by Gasteiger charge is 2.19. The van der Waals surface area contributed by atoms with Gasteiger partial charge < -0.3 is 18.9 Å². The largest absolute Gasteiger partial charge is 0.493 e. The van der Waals surface area contributed by atoms with Crippen LogP contribution in [0.2, 0.25) is 0 Å². The van der Waals surface area contributed by atoms with Gasteiger partial charge in [-0.25, -0.2) is 0 Å². The molecule has 1 aliphatic carbocycles. The molecule has 24 heavy (non-hydrogen) atoms. The molecule has 1 aromatic rings. The van der Waals surface area contributed by atoms with E-state index in [1.165, 1.54) is 40.6 Å². The van der Waals surface area contributed by atoms with Crippen molar-refractivity contribution in [2.45, 2.75) is 0 Å². The lowest BCUT2D eigenvalue weighted by molar-refractivity contribution is -0.117. The molecule has 0 aromatic heterocycles. The van der Waals surface area contributed by atoms with Crippen molar-refractivity contribution >= 4 is 17.6 Å². The van der Waals surface area contributed by atoms with E-state index in [1.807, 2.05) is 0 Å². The van der Waals surface area contributed by atoms with Crippen LogP contribution >= 0.6 is 0 Å². The fraction of sp³-hybridized carbons (Fsp3) is 0.222. The summed E-state index contributed by atoms with van der Waals surface area (Å²) >= 11 is 0. The molecule has 0 radical (unpaired) electrons. The summed E-state index contributed by atoms with van der Waals surface area (Å²) in [5.41, 5.74) is 1.00. The Labute approximate surface area is 140 Å². The minimum Gasteiger partial charge on any atom is -0.493 e. The Bertz CT molecular complexity index is 730. The van der Waals surface area contributed by atoms with E-state index in [0.29, 0.717) is 17.2 Å².